The van der Waals surface area contributed by atoms with Gasteiger partial charge in [-0.25, -0.2) is 0 Å². The minimum Gasteiger partial charge on any atom is -0.355 e. The highest BCUT2D eigenvalue weighted by atomic mass is 16.1. The van der Waals surface area contributed by atoms with Gasteiger partial charge < -0.3 is 10.6 Å². The maximum Gasteiger partial charge on any atom is 0.233 e. The minimum absolute atomic E-state index is 0.183. The molecule has 0 spiro atoms. The van der Waals surface area contributed by atoms with Crippen molar-refractivity contribution in [2.75, 3.05) is 13.1 Å². The van der Waals surface area contributed by atoms with Crippen LogP contribution in [0.5, 0.6) is 0 Å². The van der Waals surface area contributed by atoms with Crippen LogP contribution in [0.4, 0.5) is 0 Å². The number of carbonyl (C=O) groups excluding carboxylic acids is 1. The van der Waals surface area contributed by atoms with E-state index in [1.165, 1.54) is 57.8 Å². The van der Waals surface area contributed by atoms with Gasteiger partial charge in [0, 0.05) is 12.6 Å². The first-order valence-electron chi connectivity index (χ1n) is 7.34. The highest BCUT2D eigenvalue weighted by molar-refractivity contribution is 5.78. The lowest BCUT2D eigenvalue weighted by Gasteiger charge is -2.22. The van der Waals surface area contributed by atoms with Gasteiger partial charge >= 0.3 is 0 Å². The summed E-state index contributed by atoms with van der Waals surface area (Å²) in [5.41, 5.74) is 0. The average Bonchev–Trinajstić information content (AvgIpc) is 2.88. The molecule has 2 rings (SSSR count). The third kappa shape index (κ3) is 4.66. The molecule has 98 valence electrons. The second-order valence-electron chi connectivity index (χ2n) is 5.67. The van der Waals surface area contributed by atoms with Crippen LogP contribution in [-0.4, -0.2) is 25.0 Å². The molecule has 2 aliphatic rings. The van der Waals surface area contributed by atoms with Crippen LogP contribution >= 0.6 is 0 Å². The van der Waals surface area contributed by atoms with E-state index in [0.717, 1.165) is 12.5 Å². The molecule has 17 heavy (non-hydrogen) atoms. The molecule has 3 nitrogen and oxygen atoms in total. The highest BCUT2D eigenvalue weighted by Gasteiger charge is 2.16. The van der Waals surface area contributed by atoms with Gasteiger partial charge in [0.05, 0.1) is 6.54 Å². The Labute approximate surface area is 105 Å². The molecule has 2 N–H and O–H groups in total. The molecule has 3 heteroatoms. The Balaban J connectivity index is 1.53. The van der Waals surface area contributed by atoms with Gasteiger partial charge in [0.1, 0.15) is 0 Å². The van der Waals surface area contributed by atoms with Crippen LogP contribution in [0.3, 0.4) is 0 Å². The topological polar surface area (TPSA) is 41.1 Å². The third-order valence-electron chi connectivity index (χ3n) is 4.22. The molecule has 0 aliphatic heterocycles. The summed E-state index contributed by atoms with van der Waals surface area (Å²) in [6.07, 6.45) is 11.8. The molecule has 0 atom stereocenters. The highest BCUT2D eigenvalue weighted by Crippen LogP contribution is 2.22. The van der Waals surface area contributed by atoms with Crippen molar-refractivity contribution in [3.05, 3.63) is 0 Å². The zero-order valence-electron chi connectivity index (χ0n) is 10.8. The van der Waals surface area contributed by atoms with E-state index < -0.39 is 0 Å². The summed E-state index contributed by atoms with van der Waals surface area (Å²) >= 11 is 0. The molecular formula is C14H26N2O. The van der Waals surface area contributed by atoms with Crippen LogP contribution in [-0.2, 0) is 4.79 Å². The fourth-order valence-electron chi connectivity index (χ4n) is 3.08. The van der Waals surface area contributed by atoms with Crippen LogP contribution in [0.2, 0.25) is 0 Å². The molecule has 0 saturated heterocycles. The van der Waals surface area contributed by atoms with E-state index in [4.69, 9.17) is 0 Å². The minimum atomic E-state index is 0.183. The Hall–Kier alpha value is -0.570. The van der Waals surface area contributed by atoms with Crippen molar-refractivity contribution in [3.8, 4) is 0 Å². The number of hydrogen-bond acceptors (Lipinski definition) is 2. The van der Waals surface area contributed by atoms with Gasteiger partial charge in [0.15, 0.2) is 0 Å². The fraction of sp³-hybridized carbons (Fsp3) is 0.929. The first kappa shape index (κ1) is 12.9. The zero-order chi connectivity index (χ0) is 11.9. The molecule has 2 saturated carbocycles. The summed E-state index contributed by atoms with van der Waals surface area (Å²) < 4.78 is 0. The molecule has 0 aromatic carbocycles. The second-order valence-corrected chi connectivity index (χ2v) is 5.67. The van der Waals surface area contributed by atoms with E-state index in [1.807, 2.05) is 0 Å². The fourth-order valence-corrected chi connectivity index (χ4v) is 3.08. The van der Waals surface area contributed by atoms with Gasteiger partial charge in [-0.2, -0.15) is 0 Å². The van der Waals surface area contributed by atoms with Crippen molar-refractivity contribution in [2.45, 2.75) is 63.8 Å². The van der Waals surface area contributed by atoms with E-state index in [0.29, 0.717) is 12.6 Å². The number of hydrogen-bond donors (Lipinski definition) is 2. The lowest BCUT2D eigenvalue weighted by Crippen LogP contribution is -2.40. The summed E-state index contributed by atoms with van der Waals surface area (Å²) in [5.74, 6) is 0.918. The van der Waals surface area contributed by atoms with E-state index in [-0.39, 0.29) is 5.91 Å². The number of carbonyl (C=O) groups is 1. The molecule has 0 aromatic heterocycles. The molecule has 0 aromatic rings. The van der Waals surface area contributed by atoms with Crippen molar-refractivity contribution in [1.29, 1.82) is 0 Å². The third-order valence-corrected chi connectivity index (χ3v) is 4.22. The Bertz CT molecular complexity index is 230. The van der Waals surface area contributed by atoms with E-state index >= 15 is 0 Å². The molecule has 1 amide bonds. The smallest absolute Gasteiger partial charge is 0.233 e. The predicted octanol–water partition coefficient (Wildman–Crippen LogP) is 2.22. The van der Waals surface area contributed by atoms with Crippen LogP contribution in [0.1, 0.15) is 57.8 Å². The van der Waals surface area contributed by atoms with Gasteiger partial charge in [0.2, 0.25) is 5.91 Å². The number of amides is 1. The Morgan fingerprint density at radius 1 is 0.941 bits per heavy atom. The van der Waals surface area contributed by atoms with Crippen LogP contribution in [0.15, 0.2) is 0 Å². The Kier molecular flexibility index (Phi) is 5.30. The van der Waals surface area contributed by atoms with Crippen molar-refractivity contribution in [3.63, 3.8) is 0 Å². The predicted molar refractivity (Wildman–Crippen MR) is 69.8 cm³/mol. The van der Waals surface area contributed by atoms with Gasteiger partial charge in [-0.05, 0) is 31.6 Å². The van der Waals surface area contributed by atoms with Crippen LogP contribution < -0.4 is 10.6 Å². The maximum absolute atomic E-state index is 11.7. The van der Waals surface area contributed by atoms with Crippen LogP contribution in [0.25, 0.3) is 0 Å². The number of nitrogens with one attached hydrogen (secondary N) is 2. The Morgan fingerprint density at radius 3 is 2.29 bits per heavy atom. The standard InChI is InChI=1S/C14H26N2O/c17-14(11-15-13-8-4-5-9-13)16-10-12-6-2-1-3-7-12/h12-13,15H,1-11H2,(H,16,17). The Morgan fingerprint density at radius 2 is 1.59 bits per heavy atom. The molecular weight excluding hydrogens is 212 g/mol. The largest absolute Gasteiger partial charge is 0.355 e. The van der Waals surface area contributed by atoms with Gasteiger partial charge in [-0.1, -0.05) is 32.1 Å². The maximum atomic E-state index is 11.7. The molecule has 0 radical (unpaired) electrons. The van der Waals surface area contributed by atoms with Gasteiger partial charge in [-0.3, -0.25) is 4.79 Å². The molecule has 0 heterocycles. The second kappa shape index (κ2) is 7.00. The van der Waals surface area contributed by atoms with Crippen molar-refractivity contribution in [2.24, 2.45) is 5.92 Å². The summed E-state index contributed by atoms with van der Waals surface area (Å²) in [7, 11) is 0. The summed E-state index contributed by atoms with van der Waals surface area (Å²) in [6, 6.07) is 0.593. The van der Waals surface area contributed by atoms with E-state index in [2.05, 4.69) is 10.6 Å². The molecule has 2 aliphatic carbocycles. The van der Waals surface area contributed by atoms with Gasteiger partial charge in [0.25, 0.3) is 0 Å². The quantitative estimate of drug-likeness (QED) is 0.771. The summed E-state index contributed by atoms with van der Waals surface area (Å²) in [4.78, 5) is 11.7. The lowest BCUT2D eigenvalue weighted by atomic mass is 9.89. The molecule has 0 unspecified atom stereocenters. The zero-order valence-corrected chi connectivity index (χ0v) is 10.8. The van der Waals surface area contributed by atoms with E-state index in [9.17, 15) is 4.79 Å². The SMILES string of the molecule is O=C(CNC1CCCC1)NCC1CCCCC1. The summed E-state index contributed by atoms with van der Waals surface area (Å²) in [5, 5.41) is 6.43. The lowest BCUT2D eigenvalue weighted by molar-refractivity contribution is -0.120. The monoisotopic (exact) mass is 238 g/mol. The van der Waals surface area contributed by atoms with Crippen molar-refractivity contribution in [1.82, 2.24) is 10.6 Å². The summed E-state index contributed by atoms with van der Waals surface area (Å²) in [6.45, 7) is 1.41. The molecule has 2 fully saturated rings. The average molecular weight is 238 g/mol. The van der Waals surface area contributed by atoms with Crippen molar-refractivity contribution >= 4 is 5.91 Å². The van der Waals surface area contributed by atoms with Crippen LogP contribution in [0, 0.1) is 5.92 Å². The first-order valence-corrected chi connectivity index (χ1v) is 7.34. The van der Waals surface area contributed by atoms with Gasteiger partial charge in [-0.15, -0.1) is 0 Å². The molecule has 0 bridgehead atoms. The number of rotatable bonds is 5. The first-order chi connectivity index (χ1) is 8.34. The van der Waals surface area contributed by atoms with Crippen molar-refractivity contribution < 1.29 is 4.79 Å². The normalized spacial score (nSPS) is 22.8. The van der Waals surface area contributed by atoms with E-state index in [1.54, 1.807) is 0 Å².